The maximum Gasteiger partial charge on any atom is 0.335 e. The van der Waals surface area contributed by atoms with Crippen molar-refractivity contribution >= 4 is 46.1 Å². The van der Waals surface area contributed by atoms with Crippen molar-refractivity contribution in [3.63, 3.8) is 0 Å². The highest BCUT2D eigenvalue weighted by Gasteiger charge is 2.47. The van der Waals surface area contributed by atoms with E-state index >= 15 is 0 Å². The lowest BCUT2D eigenvalue weighted by Gasteiger charge is -2.34. The highest BCUT2D eigenvalue weighted by Crippen LogP contribution is 2.30. The molecular formula is C12H11IN2O3. The van der Waals surface area contributed by atoms with Gasteiger partial charge in [-0.05, 0) is 48.6 Å². The number of benzene rings is 1. The van der Waals surface area contributed by atoms with Crippen molar-refractivity contribution in [1.29, 1.82) is 0 Å². The van der Waals surface area contributed by atoms with Crippen LogP contribution in [0.15, 0.2) is 24.3 Å². The second kappa shape index (κ2) is 4.34. The molecule has 1 fully saturated rings. The van der Waals surface area contributed by atoms with Crippen LogP contribution in [0.4, 0.5) is 10.5 Å². The largest absolute Gasteiger partial charge is 0.335 e. The van der Waals surface area contributed by atoms with Gasteiger partial charge in [0, 0.05) is 3.57 Å². The molecule has 0 spiro atoms. The van der Waals surface area contributed by atoms with Crippen molar-refractivity contribution in [2.24, 2.45) is 5.41 Å². The van der Waals surface area contributed by atoms with Crippen molar-refractivity contribution in [1.82, 2.24) is 5.32 Å². The fourth-order valence-corrected chi connectivity index (χ4v) is 2.26. The quantitative estimate of drug-likeness (QED) is 0.616. The van der Waals surface area contributed by atoms with Crippen LogP contribution in [0, 0.1) is 8.99 Å². The number of halogens is 1. The molecule has 1 N–H and O–H groups in total. The number of carbonyl (C=O) groups is 3. The van der Waals surface area contributed by atoms with E-state index in [0.29, 0.717) is 5.69 Å². The predicted molar refractivity (Wildman–Crippen MR) is 74.0 cm³/mol. The summed E-state index contributed by atoms with van der Waals surface area (Å²) in [5, 5.41) is 2.20. The molecule has 2 rings (SSSR count). The number of amides is 4. The van der Waals surface area contributed by atoms with Crippen LogP contribution in [0.25, 0.3) is 0 Å². The molecule has 1 heterocycles. The van der Waals surface area contributed by atoms with Gasteiger partial charge in [0.15, 0.2) is 0 Å². The van der Waals surface area contributed by atoms with Crippen molar-refractivity contribution in [3.05, 3.63) is 27.8 Å². The van der Waals surface area contributed by atoms with E-state index in [1.165, 1.54) is 13.8 Å². The van der Waals surface area contributed by atoms with Gasteiger partial charge >= 0.3 is 6.03 Å². The lowest BCUT2D eigenvalue weighted by atomic mass is 9.88. The number of hydrogen-bond acceptors (Lipinski definition) is 3. The number of hydrogen-bond donors (Lipinski definition) is 1. The molecule has 0 aliphatic carbocycles. The Balaban J connectivity index is 2.51. The molecule has 0 atom stereocenters. The van der Waals surface area contributed by atoms with Gasteiger partial charge in [0.25, 0.3) is 0 Å². The lowest BCUT2D eigenvalue weighted by molar-refractivity contribution is -0.140. The zero-order valence-corrected chi connectivity index (χ0v) is 12.0. The molecule has 1 aromatic carbocycles. The van der Waals surface area contributed by atoms with Crippen LogP contribution in [-0.4, -0.2) is 17.8 Å². The Morgan fingerprint density at radius 1 is 1.17 bits per heavy atom. The summed E-state index contributed by atoms with van der Waals surface area (Å²) in [7, 11) is 0. The van der Waals surface area contributed by atoms with Crippen LogP contribution in [0.3, 0.4) is 0 Å². The van der Waals surface area contributed by atoms with E-state index in [9.17, 15) is 14.4 Å². The first-order chi connectivity index (χ1) is 8.35. The van der Waals surface area contributed by atoms with E-state index in [-0.39, 0.29) is 0 Å². The van der Waals surface area contributed by atoms with Gasteiger partial charge in [-0.25, -0.2) is 9.69 Å². The van der Waals surface area contributed by atoms with Crippen LogP contribution in [0.2, 0.25) is 0 Å². The van der Waals surface area contributed by atoms with E-state index in [1.54, 1.807) is 18.2 Å². The van der Waals surface area contributed by atoms with Gasteiger partial charge in [0.2, 0.25) is 11.8 Å². The van der Waals surface area contributed by atoms with Gasteiger partial charge in [-0.1, -0.05) is 12.1 Å². The highest BCUT2D eigenvalue weighted by molar-refractivity contribution is 14.1. The standard InChI is InChI=1S/C12H11IN2O3/c1-12(2)9(16)14-11(18)15(10(12)17)8-6-4-3-5-7(8)13/h3-6H,1-2H3,(H,14,16,18). The monoisotopic (exact) mass is 358 g/mol. The molecule has 0 aromatic heterocycles. The molecule has 6 heteroatoms. The van der Waals surface area contributed by atoms with Crippen molar-refractivity contribution in [3.8, 4) is 0 Å². The third kappa shape index (κ3) is 1.90. The third-order valence-electron chi connectivity index (χ3n) is 2.82. The van der Waals surface area contributed by atoms with Crippen molar-refractivity contribution in [2.75, 3.05) is 4.90 Å². The van der Waals surface area contributed by atoms with Crippen LogP contribution in [0.5, 0.6) is 0 Å². The van der Waals surface area contributed by atoms with E-state index < -0.39 is 23.3 Å². The second-order valence-corrected chi connectivity index (χ2v) is 5.64. The Kier molecular flexibility index (Phi) is 3.14. The Hall–Kier alpha value is -1.44. The average molecular weight is 358 g/mol. The summed E-state index contributed by atoms with van der Waals surface area (Å²) in [6, 6.07) is 6.31. The van der Waals surface area contributed by atoms with Gasteiger partial charge in [0.1, 0.15) is 5.41 Å². The van der Waals surface area contributed by atoms with Crippen LogP contribution in [-0.2, 0) is 9.59 Å². The Bertz CT molecular complexity index is 554. The number of urea groups is 1. The summed E-state index contributed by atoms with van der Waals surface area (Å²) in [6.07, 6.45) is 0. The molecule has 0 radical (unpaired) electrons. The molecule has 94 valence electrons. The van der Waals surface area contributed by atoms with Gasteiger partial charge in [-0.2, -0.15) is 0 Å². The van der Waals surface area contributed by atoms with E-state index in [1.807, 2.05) is 28.7 Å². The summed E-state index contributed by atoms with van der Waals surface area (Å²) < 4.78 is 0.767. The number of rotatable bonds is 1. The van der Waals surface area contributed by atoms with Gasteiger partial charge < -0.3 is 0 Å². The zero-order valence-electron chi connectivity index (χ0n) is 9.86. The molecular weight excluding hydrogens is 347 g/mol. The summed E-state index contributed by atoms with van der Waals surface area (Å²) >= 11 is 2.04. The van der Waals surface area contributed by atoms with Crippen LogP contribution < -0.4 is 10.2 Å². The first-order valence-electron chi connectivity index (χ1n) is 5.30. The predicted octanol–water partition coefficient (Wildman–Crippen LogP) is 1.90. The summed E-state index contributed by atoms with van der Waals surface area (Å²) in [5.74, 6) is -1.08. The molecule has 4 amide bonds. The number of nitrogens with one attached hydrogen (secondary N) is 1. The van der Waals surface area contributed by atoms with Crippen LogP contribution >= 0.6 is 22.6 Å². The lowest BCUT2D eigenvalue weighted by Crippen LogP contribution is -2.62. The topological polar surface area (TPSA) is 66.5 Å². The highest BCUT2D eigenvalue weighted by atomic mass is 127. The molecule has 18 heavy (non-hydrogen) atoms. The van der Waals surface area contributed by atoms with Crippen molar-refractivity contribution < 1.29 is 14.4 Å². The number of carbonyl (C=O) groups excluding carboxylic acids is 3. The minimum Gasteiger partial charge on any atom is -0.276 e. The van der Waals surface area contributed by atoms with Gasteiger partial charge in [-0.15, -0.1) is 0 Å². The minimum absolute atomic E-state index is 0.487. The van der Waals surface area contributed by atoms with E-state index in [4.69, 9.17) is 0 Å². The fourth-order valence-electron chi connectivity index (χ4n) is 1.63. The van der Waals surface area contributed by atoms with Gasteiger partial charge in [-0.3, -0.25) is 14.9 Å². The van der Waals surface area contributed by atoms with E-state index in [0.717, 1.165) is 8.47 Å². The van der Waals surface area contributed by atoms with Gasteiger partial charge in [0.05, 0.1) is 5.69 Å². The molecule has 0 unspecified atom stereocenters. The maximum atomic E-state index is 12.3. The molecule has 0 bridgehead atoms. The summed E-state index contributed by atoms with van der Waals surface area (Å²) in [6.45, 7) is 3.00. The SMILES string of the molecule is CC1(C)C(=O)NC(=O)N(c2ccccc2I)C1=O. The first-order valence-corrected chi connectivity index (χ1v) is 6.38. The average Bonchev–Trinajstić information content (AvgIpc) is 2.30. The molecule has 1 aliphatic heterocycles. The molecule has 0 saturated carbocycles. The molecule has 1 aliphatic rings. The van der Waals surface area contributed by atoms with E-state index in [2.05, 4.69) is 5.32 Å². The minimum atomic E-state index is -1.24. The number of anilines is 1. The normalized spacial score (nSPS) is 18.8. The zero-order chi connectivity index (χ0) is 13.5. The molecule has 5 nitrogen and oxygen atoms in total. The number of imide groups is 2. The summed E-state index contributed by atoms with van der Waals surface area (Å²) in [5.41, 5.74) is -0.756. The Labute approximate surface area is 118 Å². The smallest absolute Gasteiger partial charge is 0.276 e. The molecule has 1 saturated heterocycles. The molecule has 1 aromatic rings. The number of para-hydroxylation sites is 1. The Morgan fingerprint density at radius 3 is 2.39 bits per heavy atom. The van der Waals surface area contributed by atoms with Crippen molar-refractivity contribution in [2.45, 2.75) is 13.8 Å². The first kappa shape index (κ1) is 13.0. The summed E-state index contributed by atoms with van der Waals surface area (Å²) in [4.78, 5) is 36.7. The number of barbiturate groups is 1. The fraction of sp³-hybridized carbons (Fsp3) is 0.250. The van der Waals surface area contributed by atoms with Crippen LogP contribution in [0.1, 0.15) is 13.8 Å². The second-order valence-electron chi connectivity index (χ2n) is 4.48. The number of nitrogens with zero attached hydrogens (tertiary/aromatic N) is 1. The Morgan fingerprint density at radius 2 is 1.78 bits per heavy atom. The third-order valence-corrected chi connectivity index (χ3v) is 3.73. The maximum absolute atomic E-state index is 12.3.